The largest absolute Gasteiger partial charge is 0.350 e. The molecule has 1 aliphatic rings. The molecular formula is C20H22N4O2. The number of aryl methyl sites for hydroxylation is 2. The smallest absolute Gasteiger partial charge is 0.266 e. The number of aromatic nitrogens is 3. The van der Waals surface area contributed by atoms with Gasteiger partial charge in [-0.05, 0) is 24.6 Å². The number of rotatable bonds is 4. The average Bonchev–Trinajstić information content (AvgIpc) is 2.90. The number of fused-ring (bicyclic) bond motifs is 1. The van der Waals surface area contributed by atoms with Gasteiger partial charge < -0.3 is 9.47 Å². The Bertz CT molecular complexity index is 1030. The Balaban J connectivity index is 1.39. The topological polar surface area (TPSA) is 60.1 Å². The molecule has 134 valence electrons. The molecule has 0 spiro atoms. The van der Waals surface area contributed by atoms with Gasteiger partial charge >= 0.3 is 0 Å². The first kappa shape index (κ1) is 16.6. The molecule has 4 rings (SSSR count). The monoisotopic (exact) mass is 350 g/mol. The first-order valence-electron chi connectivity index (χ1n) is 8.87. The van der Waals surface area contributed by atoms with Crippen LogP contribution in [0.2, 0.25) is 0 Å². The van der Waals surface area contributed by atoms with E-state index in [0.717, 1.165) is 22.2 Å². The molecule has 0 aliphatic carbocycles. The van der Waals surface area contributed by atoms with Crippen LogP contribution in [0.5, 0.6) is 0 Å². The van der Waals surface area contributed by atoms with Crippen LogP contribution in [0.25, 0.3) is 10.9 Å². The zero-order chi connectivity index (χ0) is 18.3. The Hall–Kier alpha value is -2.89. The summed E-state index contributed by atoms with van der Waals surface area (Å²) in [4.78, 5) is 26.3. The first-order chi connectivity index (χ1) is 12.5. The number of hydrogen-bond donors (Lipinski definition) is 0. The lowest BCUT2D eigenvalue weighted by molar-refractivity contribution is -0.137. The molecule has 0 unspecified atom stereocenters. The Morgan fingerprint density at radius 2 is 1.96 bits per heavy atom. The van der Waals surface area contributed by atoms with Crippen molar-refractivity contribution < 1.29 is 4.79 Å². The molecule has 1 saturated heterocycles. The van der Waals surface area contributed by atoms with Crippen molar-refractivity contribution in [2.24, 2.45) is 13.0 Å². The van der Waals surface area contributed by atoms with Crippen molar-refractivity contribution in [3.05, 3.63) is 64.2 Å². The van der Waals surface area contributed by atoms with Crippen LogP contribution in [0.3, 0.4) is 0 Å². The van der Waals surface area contributed by atoms with Gasteiger partial charge in [0.1, 0.15) is 0 Å². The predicted molar refractivity (Wildman–Crippen MR) is 99.9 cm³/mol. The second-order valence-electron chi connectivity index (χ2n) is 7.12. The minimum absolute atomic E-state index is 0.0869. The van der Waals surface area contributed by atoms with Crippen LogP contribution in [-0.2, 0) is 24.8 Å². The van der Waals surface area contributed by atoms with E-state index in [1.54, 1.807) is 12.1 Å². The summed E-state index contributed by atoms with van der Waals surface area (Å²) in [5.41, 5.74) is 2.94. The van der Waals surface area contributed by atoms with Crippen molar-refractivity contribution >= 4 is 16.8 Å². The maximum absolute atomic E-state index is 12.6. The third-order valence-electron chi connectivity index (χ3n) is 5.06. The number of likely N-dealkylation sites (tertiary alicyclic amines) is 1. The van der Waals surface area contributed by atoms with Crippen molar-refractivity contribution in [3.63, 3.8) is 0 Å². The summed E-state index contributed by atoms with van der Waals surface area (Å²) in [6, 6.07) is 11.4. The lowest BCUT2D eigenvalue weighted by atomic mass is 9.98. The van der Waals surface area contributed by atoms with Crippen molar-refractivity contribution in [2.45, 2.75) is 19.9 Å². The van der Waals surface area contributed by atoms with E-state index in [-0.39, 0.29) is 11.5 Å². The number of carbonyl (C=O) groups is 1. The fraction of sp³-hybridized carbons (Fsp3) is 0.350. The number of carbonyl (C=O) groups excluding carboxylic acids is 1. The normalized spacial score (nSPS) is 14.6. The van der Waals surface area contributed by atoms with Gasteiger partial charge in [-0.1, -0.05) is 18.2 Å². The third kappa shape index (κ3) is 3.03. The molecule has 1 aliphatic heterocycles. The predicted octanol–water partition coefficient (Wildman–Crippen LogP) is 1.74. The van der Waals surface area contributed by atoms with E-state index in [9.17, 15) is 9.59 Å². The molecule has 6 nitrogen and oxygen atoms in total. The Morgan fingerprint density at radius 1 is 1.19 bits per heavy atom. The molecule has 0 radical (unpaired) electrons. The Morgan fingerprint density at radius 3 is 2.77 bits per heavy atom. The zero-order valence-electron chi connectivity index (χ0n) is 15.1. The summed E-state index contributed by atoms with van der Waals surface area (Å²) in [5, 5.41) is 5.40. The molecule has 6 heteroatoms. The minimum Gasteiger partial charge on any atom is -0.350 e. The highest BCUT2D eigenvalue weighted by Crippen LogP contribution is 2.23. The van der Waals surface area contributed by atoms with Crippen molar-refractivity contribution in [1.82, 2.24) is 19.2 Å². The fourth-order valence-electron chi connectivity index (χ4n) is 3.66. The lowest BCUT2D eigenvalue weighted by Gasteiger charge is -2.39. The van der Waals surface area contributed by atoms with E-state index in [0.29, 0.717) is 32.0 Å². The summed E-state index contributed by atoms with van der Waals surface area (Å²) >= 11 is 0. The minimum atomic E-state index is -0.0869. The van der Waals surface area contributed by atoms with Crippen molar-refractivity contribution in [1.29, 1.82) is 0 Å². The van der Waals surface area contributed by atoms with Gasteiger partial charge in [0, 0.05) is 49.2 Å². The molecule has 0 atom stereocenters. The summed E-state index contributed by atoms with van der Waals surface area (Å²) in [7, 11) is 2.00. The molecule has 2 aromatic heterocycles. The summed E-state index contributed by atoms with van der Waals surface area (Å²) in [6.45, 7) is 3.81. The highest BCUT2D eigenvalue weighted by Gasteiger charge is 2.31. The number of para-hydroxylation sites is 1. The van der Waals surface area contributed by atoms with Gasteiger partial charge in [0.15, 0.2) is 0 Å². The van der Waals surface area contributed by atoms with E-state index >= 15 is 0 Å². The van der Waals surface area contributed by atoms with E-state index in [2.05, 4.69) is 21.8 Å². The second-order valence-corrected chi connectivity index (χ2v) is 7.12. The lowest BCUT2D eigenvalue weighted by Crippen LogP contribution is -2.52. The van der Waals surface area contributed by atoms with Crippen LogP contribution in [0.15, 0.2) is 47.4 Å². The van der Waals surface area contributed by atoms with Crippen LogP contribution < -0.4 is 5.56 Å². The van der Waals surface area contributed by atoms with Gasteiger partial charge in [-0.3, -0.25) is 9.59 Å². The highest BCUT2D eigenvalue weighted by atomic mass is 16.2. The summed E-state index contributed by atoms with van der Waals surface area (Å²) in [6.07, 6.45) is 2.45. The summed E-state index contributed by atoms with van der Waals surface area (Å²) < 4.78 is 3.57. The molecule has 3 aromatic rings. The van der Waals surface area contributed by atoms with Gasteiger partial charge in [-0.25, -0.2) is 4.68 Å². The molecule has 1 amide bonds. The molecule has 0 N–H and O–H groups in total. The van der Waals surface area contributed by atoms with Gasteiger partial charge in [0.25, 0.3) is 5.56 Å². The van der Waals surface area contributed by atoms with Gasteiger partial charge in [-0.15, -0.1) is 0 Å². The van der Waals surface area contributed by atoms with Gasteiger partial charge in [0.05, 0.1) is 18.7 Å². The van der Waals surface area contributed by atoms with E-state index in [1.165, 1.54) is 4.68 Å². The number of hydrogen-bond acceptors (Lipinski definition) is 3. The van der Waals surface area contributed by atoms with Crippen LogP contribution in [-0.4, -0.2) is 38.2 Å². The van der Waals surface area contributed by atoms with Crippen LogP contribution in [0, 0.1) is 12.8 Å². The van der Waals surface area contributed by atoms with Crippen molar-refractivity contribution in [3.8, 4) is 0 Å². The molecule has 0 bridgehead atoms. The molecular weight excluding hydrogens is 328 g/mol. The average molecular weight is 350 g/mol. The second kappa shape index (κ2) is 6.44. The standard InChI is InChI=1S/C20H22N4O2/c1-14-7-8-19(25)24(21-14)12-15-10-23(11-15)20(26)9-16-13-22(2)18-6-4-3-5-17(16)18/h3-8,13,15H,9-12H2,1-2H3. The van der Waals surface area contributed by atoms with Crippen molar-refractivity contribution in [2.75, 3.05) is 13.1 Å². The molecule has 1 fully saturated rings. The maximum Gasteiger partial charge on any atom is 0.266 e. The third-order valence-corrected chi connectivity index (χ3v) is 5.06. The summed E-state index contributed by atoms with van der Waals surface area (Å²) in [5.74, 6) is 0.431. The highest BCUT2D eigenvalue weighted by molar-refractivity contribution is 5.89. The SMILES string of the molecule is Cc1ccc(=O)n(CC2CN(C(=O)Cc3cn(C)c4ccccc34)C2)n1. The first-order valence-corrected chi connectivity index (χ1v) is 8.87. The zero-order valence-corrected chi connectivity index (χ0v) is 15.1. The van der Waals surface area contributed by atoms with Gasteiger partial charge in [0.2, 0.25) is 5.91 Å². The quantitative estimate of drug-likeness (QED) is 0.720. The van der Waals surface area contributed by atoms with E-state index in [1.807, 2.05) is 37.2 Å². The number of amides is 1. The van der Waals surface area contributed by atoms with E-state index < -0.39 is 0 Å². The molecule has 26 heavy (non-hydrogen) atoms. The van der Waals surface area contributed by atoms with Crippen LogP contribution >= 0.6 is 0 Å². The molecule has 1 aromatic carbocycles. The molecule has 3 heterocycles. The maximum atomic E-state index is 12.6. The number of benzene rings is 1. The van der Waals surface area contributed by atoms with E-state index in [4.69, 9.17) is 0 Å². The van der Waals surface area contributed by atoms with Crippen LogP contribution in [0.1, 0.15) is 11.3 Å². The fourth-order valence-corrected chi connectivity index (χ4v) is 3.66. The van der Waals surface area contributed by atoms with Crippen LogP contribution in [0.4, 0.5) is 0 Å². The number of nitrogens with zero attached hydrogens (tertiary/aromatic N) is 4. The van der Waals surface area contributed by atoms with Gasteiger partial charge in [-0.2, -0.15) is 5.10 Å². The Labute approximate surface area is 151 Å². The molecule has 0 saturated carbocycles. The Kier molecular flexibility index (Phi) is 4.11.